The van der Waals surface area contributed by atoms with Crippen LogP contribution in [0.2, 0.25) is 5.02 Å². The topological polar surface area (TPSA) is 55.6 Å². The van der Waals surface area contributed by atoms with Crippen LogP contribution in [0.1, 0.15) is 24.8 Å². The summed E-state index contributed by atoms with van der Waals surface area (Å²) in [4.78, 5) is 14.1. The third-order valence-corrected chi connectivity index (χ3v) is 4.08. The van der Waals surface area contributed by atoms with E-state index in [0.29, 0.717) is 11.6 Å². The van der Waals surface area contributed by atoms with E-state index in [1.54, 1.807) is 18.1 Å². The summed E-state index contributed by atoms with van der Waals surface area (Å²) in [6.07, 6.45) is 2.61. The summed E-state index contributed by atoms with van der Waals surface area (Å²) in [5.41, 5.74) is 6.79. The zero-order chi connectivity index (χ0) is 14.7. The summed E-state index contributed by atoms with van der Waals surface area (Å²) >= 11 is 6.01. The second kappa shape index (κ2) is 6.46. The van der Waals surface area contributed by atoms with Gasteiger partial charge in [0.15, 0.2) is 0 Å². The van der Waals surface area contributed by atoms with E-state index in [9.17, 15) is 4.79 Å². The van der Waals surface area contributed by atoms with Crippen molar-refractivity contribution in [3.63, 3.8) is 0 Å². The normalized spacial score (nSPS) is 21.8. The smallest absolute Gasteiger partial charge is 0.225 e. The first-order chi connectivity index (χ1) is 9.51. The Hall–Kier alpha value is -1.26. The molecule has 1 saturated carbocycles. The second-order valence-corrected chi connectivity index (χ2v) is 5.86. The van der Waals surface area contributed by atoms with Gasteiger partial charge < -0.3 is 15.4 Å². The van der Waals surface area contributed by atoms with Gasteiger partial charge in [0.2, 0.25) is 5.91 Å². The third-order valence-electron chi connectivity index (χ3n) is 3.85. The summed E-state index contributed by atoms with van der Waals surface area (Å²) in [6, 6.07) is 5.60. The van der Waals surface area contributed by atoms with E-state index in [1.807, 2.05) is 19.2 Å². The molecule has 1 aliphatic rings. The molecule has 2 rings (SSSR count). The number of halogens is 1. The lowest BCUT2D eigenvalue weighted by Gasteiger charge is -2.22. The third kappa shape index (κ3) is 3.44. The number of carbonyl (C=O) groups is 1. The standard InChI is InChI=1S/C15H21ClN2O2/c1-18(15(19)10-3-5-13(17)8-10)9-11-7-12(16)4-6-14(11)20-2/h4,6-7,10,13H,3,5,8-9,17H2,1-2H3/t10-,13-/m1/s1. The van der Waals surface area contributed by atoms with E-state index in [1.165, 1.54) is 0 Å². The van der Waals surface area contributed by atoms with E-state index in [0.717, 1.165) is 30.6 Å². The van der Waals surface area contributed by atoms with Crippen LogP contribution in [0.25, 0.3) is 0 Å². The number of carbonyl (C=O) groups excluding carboxylic acids is 1. The molecule has 2 N–H and O–H groups in total. The first kappa shape index (κ1) is 15.1. The Morgan fingerprint density at radius 1 is 1.50 bits per heavy atom. The van der Waals surface area contributed by atoms with Gasteiger partial charge in [0.1, 0.15) is 5.75 Å². The minimum absolute atomic E-state index is 0.0557. The molecule has 1 aliphatic carbocycles. The number of benzene rings is 1. The summed E-state index contributed by atoms with van der Waals surface area (Å²) in [6.45, 7) is 0.494. The predicted molar refractivity (Wildman–Crippen MR) is 79.8 cm³/mol. The van der Waals surface area contributed by atoms with E-state index >= 15 is 0 Å². The maximum absolute atomic E-state index is 12.4. The number of nitrogens with two attached hydrogens (primary N) is 1. The van der Waals surface area contributed by atoms with E-state index in [2.05, 4.69) is 0 Å². The number of nitrogens with zero attached hydrogens (tertiary/aromatic N) is 1. The van der Waals surface area contributed by atoms with Gasteiger partial charge >= 0.3 is 0 Å². The largest absolute Gasteiger partial charge is 0.496 e. The Labute approximate surface area is 124 Å². The molecule has 0 heterocycles. The highest BCUT2D eigenvalue weighted by Gasteiger charge is 2.29. The fourth-order valence-corrected chi connectivity index (χ4v) is 2.95. The molecule has 4 nitrogen and oxygen atoms in total. The average Bonchev–Trinajstić information content (AvgIpc) is 2.84. The Morgan fingerprint density at radius 2 is 2.25 bits per heavy atom. The highest BCUT2D eigenvalue weighted by Crippen LogP contribution is 2.28. The van der Waals surface area contributed by atoms with Crippen LogP contribution < -0.4 is 10.5 Å². The van der Waals surface area contributed by atoms with Crippen LogP contribution in [-0.2, 0) is 11.3 Å². The van der Waals surface area contributed by atoms with Crippen LogP contribution in [0.5, 0.6) is 5.75 Å². The molecule has 0 bridgehead atoms. The summed E-state index contributed by atoms with van der Waals surface area (Å²) in [5, 5.41) is 0.643. The minimum Gasteiger partial charge on any atom is -0.496 e. The Balaban J connectivity index is 2.05. The van der Waals surface area contributed by atoms with Crippen molar-refractivity contribution in [3.05, 3.63) is 28.8 Å². The van der Waals surface area contributed by atoms with Crippen molar-refractivity contribution in [3.8, 4) is 5.75 Å². The molecule has 0 saturated heterocycles. The molecule has 2 atom stereocenters. The van der Waals surface area contributed by atoms with Gasteiger partial charge in [-0.15, -0.1) is 0 Å². The zero-order valence-corrected chi connectivity index (χ0v) is 12.7. The molecule has 1 amide bonds. The molecule has 1 aromatic rings. The van der Waals surface area contributed by atoms with Gasteiger partial charge in [0.25, 0.3) is 0 Å². The van der Waals surface area contributed by atoms with Crippen molar-refractivity contribution < 1.29 is 9.53 Å². The maximum Gasteiger partial charge on any atom is 0.225 e. The van der Waals surface area contributed by atoms with E-state index < -0.39 is 0 Å². The van der Waals surface area contributed by atoms with Crippen LogP contribution in [0.15, 0.2) is 18.2 Å². The van der Waals surface area contributed by atoms with Crippen molar-refractivity contribution in [2.45, 2.75) is 31.8 Å². The molecule has 0 spiro atoms. The van der Waals surface area contributed by atoms with Crippen molar-refractivity contribution in [2.24, 2.45) is 11.7 Å². The highest BCUT2D eigenvalue weighted by molar-refractivity contribution is 6.30. The van der Waals surface area contributed by atoms with Gasteiger partial charge in [0.05, 0.1) is 7.11 Å². The molecule has 0 aromatic heterocycles. The molecule has 0 unspecified atom stereocenters. The highest BCUT2D eigenvalue weighted by atomic mass is 35.5. The lowest BCUT2D eigenvalue weighted by Crippen LogP contribution is -2.32. The van der Waals surface area contributed by atoms with Gasteiger partial charge in [-0.2, -0.15) is 0 Å². The number of ether oxygens (including phenoxy) is 1. The number of amides is 1. The van der Waals surface area contributed by atoms with Gasteiger partial charge in [-0.25, -0.2) is 0 Å². The molecule has 110 valence electrons. The van der Waals surface area contributed by atoms with Gasteiger partial charge in [-0.05, 0) is 37.5 Å². The monoisotopic (exact) mass is 296 g/mol. The lowest BCUT2D eigenvalue weighted by molar-refractivity contribution is -0.134. The quantitative estimate of drug-likeness (QED) is 0.928. The molecule has 20 heavy (non-hydrogen) atoms. The number of rotatable bonds is 4. The first-order valence-corrected chi connectivity index (χ1v) is 7.22. The van der Waals surface area contributed by atoms with Crippen molar-refractivity contribution in [2.75, 3.05) is 14.2 Å². The fraction of sp³-hybridized carbons (Fsp3) is 0.533. The number of hydrogen-bond donors (Lipinski definition) is 1. The van der Waals surface area contributed by atoms with E-state index in [4.69, 9.17) is 22.1 Å². The summed E-state index contributed by atoms with van der Waals surface area (Å²) in [7, 11) is 3.43. The molecular formula is C15H21ClN2O2. The fourth-order valence-electron chi connectivity index (χ4n) is 2.76. The van der Waals surface area contributed by atoms with Crippen LogP contribution in [0.4, 0.5) is 0 Å². The summed E-state index contributed by atoms with van der Waals surface area (Å²) in [5.74, 6) is 0.956. The van der Waals surface area contributed by atoms with Crippen LogP contribution in [0.3, 0.4) is 0 Å². The molecular weight excluding hydrogens is 276 g/mol. The van der Waals surface area contributed by atoms with Crippen LogP contribution in [-0.4, -0.2) is 31.0 Å². The van der Waals surface area contributed by atoms with Gasteiger partial charge in [-0.3, -0.25) is 4.79 Å². The Kier molecular flexibility index (Phi) is 4.89. The lowest BCUT2D eigenvalue weighted by atomic mass is 10.1. The van der Waals surface area contributed by atoms with Crippen molar-refractivity contribution in [1.29, 1.82) is 0 Å². The molecule has 1 fully saturated rings. The number of methoxy groups -OCH3 is 1. The second-order valence-electron chi connectivity index (χ2n) is 5.42. The SMILES string of the molecule is COc1ccc(Cl)cc1CN(C)C(=O)[C@@H]1CC[C@@H](N)C1. The van der Waals surface area contributed by atoms with Gasteiger partial charge in [-0.1, -0.05) is 11.6 Å². The molecule has 0 radical (unpaired) electrons. The maximum atomic E-state index is 12.4. The van der Waals surface area contributed by atoms with Gasteiger partial charge in [0, 0.05) is 36.1 Å². The van der Waals surface area contributed by atoms with Crippen LogP contribution in [0, 0.1) is 5.92 Å². The van der Waals surface area contributed by atoms with Crippen molar-refractivity contribution >= 4 is 17.5 Å². The van der Waals surface area contributed by atoms with Crippen molar-refractivity contribution in [1.82, 2.24) is 4.90 Å². The Bertz CT molecular complexity index is 493. The molecule has 0 aliphatic heterocycles. The van der Waals surface area contributed by atoms with Crippen LogP contribution >= 0.6 is 11.6 Å². The minimum atomic E-state index is 0.0557. The summed E-state index contributed by atoms with van der Waals surface area (Å²) < 4.78 is 5.31. The zero-order valence-electron chi connectivity index (χ0n) is 11.9. The average molecular weight is 297 g/mol. The predicted octanol–water partition coefficient (Wildman–Crippen LogP) is 2.43. The first-order valence-electron chi connectivity index (χ1n) is 6.84. The Morgan fingerprint density at radius 3 is 2.85 bits per heavy atom. The molecule has 5 heteroatoms. The van der Waals surface area contributed by atoms with E-state index in [-0.39, 0.29) is 17.9 Å². The molecule has 1 aromatic carbocycles. The number of hydrogen-bond acceptors (Lipinski definition) is 3.